The standard InChI is InChI=1S/C12H22N.BrH.Mg/c1-3-7-11(8-4-1)13-12-9-5-2-6-10-12;;/h11-12H,1-10H2;1H;/q-1;;+2/p-1. The first-order valence-electron chi connectivity index (χ1n) is 6.15. The second kappa shape index (κ2) is 9.26. The van der Waals surface area contributed by atoms with Gasteiger partial charge in [-0.1, -0.05) is 64.2 Å². The first-order chi connectivity index (χ1) is 6.45. The van der Waals surface area contributed by atoms with Gasteiger partial charge in [0, 0.05) is 0 Å². The Balaban J connectivity index is 0.000000980. The number of halogens is 1. The Morgan fingerprint density at radius 1 is 0.600 bits per heavy atom. The quantitative estimate of drug-likeness (QED) is 0.661. The molecule has 2 saturated carbocycles. The van der Waals surface area contributed by atoms with Crippen molar-refractivity contribution in [1.82, 2.24) is 0 Å². The summed E-state index contributed by atoms with van der Waals surface area (Å²) in [7, 11) is 0. The van der Waals surface area contributed by atoms with Gasteiger partial charge in [0.05, 0.1) is 0 Å². The summed E-state index contributed by atoms with van der Waals surface area (Å²) in [6, 6.07) is 1.49. The topological polar surface area (TPSA) is 14.1 Å². The summed E-state index contributed by atoms with van der Waals surface area (Å²) < 4.78 is 0. The molecular weight excluding hydrogens is 262 g/mol. The summed E-state index contributed by atoms with van der Waals surface area (Å²) in [5, 5.41) is 5.00. The van der Waals surface area contributed by atoms with Crippen LogP contribution in [-0.4, -0.2) is 35.1 Å². The number of nitrogens with zero attached hydrogens (tertiary/aromatic N) is 1. The van der Waals surface area contributed by atoms with E-state index < -0.39 is 0 Å². The molecule has 1 nitrogen and oxygen atoms in total. The summed E-state index contributed by atoms with van der Waals surface area (Å²) in [4.78, 5) is 0. The van der Waals surface area contributed by atoms with Crippen LogP contribution in [0.15, 0.2) is 0 Å². The molecule has 15 heavy (non-hydrogen) atoms. The number of rotatable bonds is 2. The van der Waals surface area contributed by atoms with Crippen LogP contribution in [0.1, 0.15) is 64.2 Å². The fraction of sp³-hybridized carbons (Fsp3) is 1.00. The maximum Gasteiger partial charge on any atom is 2.00 e. The Kier molecular flexibility index (Phi) is 10.0. The molecule has 0 bridgehead atoms. The molecule has 0 spiro atoms. The van der Waals surface area contributed by atoms with Crippen molar-refractivity contribution in [3.8, 4) is 0 Å². The summed E-state index contributed by atoms with van der Waals surface area (Å²) in [6.07, 6.45) is 14.2. The van der Waals surface area contributed by atoms with Crippen molar-refractivity contribution < 1.29 is 17.0 Å². The Morgan fingerprint density at radius 2 is 0.933 bits per heavy atom. The minimum Gasteiger partial charge on any atom is -1.00 e. The van der Waals surface area contributed by atoms with Crippen molar-refractivity contribution in [2.75, 3.05) is 0 Å². The molecule has 2 rings (SSSR count). The molecule has 84 valence electrons. The zero-order valence-electron chi connectivity index (χ0n) is 9.76. The third-order valence-corrected chi connectivity index (χ3v) is 3.57. The van der Waals surface area contributed by atoms with Crippen molar-refractivity contribution in [2.24, 2.45) is 0 Å². The third-order valence-electron chi connectivity index (χ3n) is 3.57. The van der Waals surface area contributed by atoms with Crippen LogP contribution in [-0.2, 0) is 0 Å². The van der Waals surface area contributed by atoms with Gasteiger partial charge < -0.3 is 22.3 Å². The number of hydrogen-bond acceptors (Lipinski definition) is 0. The molecule has 3 heteroatoms. The Bertz CT molecular complexity index is 127. The fourth-order valence-corrected chi connectivity index (χ4v) is 2.76. The minimum absolute atomic E-state index is 0. The Hall–Kier alpha value is 1.21. The summed E-state index contributed by atoms with van der Waals surface area (Å²) in [5.74, 6) is 0. The molecular formula is C12H22BrMgN. The monoisotopic (exact) mass is 283 g/mol. The van der Waals surface area contributed by atoms with Crippen LogP contribution in [0.4, 0.5) is 0 Å². The van der Waals surface area contributed by atoms with Crippen LogP contribution in [0.25, 0.3) is 5.32 Å². The molecule has 2 aliphatic rings. The van der Waals surface area contributed by atoms with Crippen LogP contribution in [0.5, 0.6) is 0 Å². The second-order valence-corrected chi connectivity index (χ2v) is 4.73. The molecule has 0 aromatic carbocycles. The molecule has 0 N–H and O–H groups in total. The van der Waals surface area contributed by atoms with E-state index in [-0.39, 0.29) is 40.0 Å². The Labute approximate surface area is 121 Å². The van der Waals surface area contributed by atoms with E-state index in [1.54, 1.807) is 0 Å². The first-order valence-corrected chi connectivity index (χ1v) is 6.15. The molecule has 0 radical (unpaired) electrons. The molecule has 0 heterocycles. The van der Waals surface area contributed by atoms with Gasteiger partial charge in [-0.25, -0.2) is 0 Å². The van der Waals surface area contributed by atoms with Crippen molar-refractivity contribution in [1.29, 1.82) is 0 Å². The summed E-state index contributed by atoms with van der Waals surface area (Å²) in [6.45, 7) is 0. The van der Waals surface area contributed by atoms with Crippen LogP contribution < -0.4 is 17.0 Å². The van der Waals surface area contributed by atoms with E-state index in [9.17, 15) is 0 Å². The molecule has 0 amide bonds. The summed E-state index contributed by atoms with van der Waals surface area (Å²) in [5.41, 5.74) is 0. The number of hydrogen-bond donors (Lipinski definition) is 0. The van der Waals surface area contributed by atoms with Gasteiger partial charge in [0.15, 0.2) is 0 Å². The van der Waals surface area contributed by atoms with Crippen molar-refractivity contribution >= 4 is 23.1 Å². The molecule has 0 unspecified atom stereocenters. The SMILES string of the molecule is C1CCC([N-]C2CCCCC2)CC1.[Br-].[Mg+2]. The fourth-order valence-electron chi connectivity index (χ4n) is 2.76. The van der Waals surface area contributed by atoms with Gasteiger partial charge in [-0.05, 0) is 0 Å². The minimum atomic E-state index is 0. The van der Waals surface area contributed by atoms with Crippen LogP contribution in [0.3, 0.4) is 0 Å². The zero-order valence-corrected chi connectivity index (χ0v) is 12.8. The van der Waals surface area contributed by atoms with Gasteiger partial charge in [0.1, 0.15) is 0 Å². The van der Waals surface area contributed by atoms with Gasteiger partial charge in [-0.2, -0.15) is 0 Å². The van der Waals surface area contributed by atoms with E-state index in [2.05, 4.69) is 0 Å². The molecule has 0 saturated heterocycles. The summed E-state index contributed by atoms with van der Waals surface area (Å²) >= 11 is 0. The van der Waals surface area contributed by atoms with Crippen LogP contribution in [0, 0.1) is 0 Å². The molecule has 2 fully saturated rings. The van der Waals surface area contributed by atoms with Gasteiger partial charge in [0.25, 0.3) is 0 Å². The molecule has 0 atom stereocenters. The van der Waals surface area contributed by atoms with E-state index in [0.717, 1.165) is 12.1 Å². The van der Waals surface area contributed by atoms with E-state index >= 15 is 0 Å². The van der Waals surface area contributed by atoms with Crippen LogP contribution >= 0.6 is 0 Å². The molecule has 2 aliphatic carbocycles. The average Bonchev–Trinajstić information content (AvgIpc) is 2.21. The van der Waals surface area contributed by atoms with E-state index in [4.69, 9.17) is 5.32 Å². The average molecular weight is 285 g/mol. The smallest absolute Gasteiger partial charge is 1.00 e. The van der Waals surface area contributed by atoms with Gasteiger partial charge in [-0.3, -0.25) is 0 Å². The van der Waals surface area contributed by atoms with E-state index in [1.807, 2.05) is 0 Å². The second-order valence-electron chi connectivity index (χ2n) is 4.73. The zero-order chi connectivity index (χ0) is 8.93. The molecule has 0 aliphatic heterocycles. The van der Waals surface area contributed by atoms with Crippen molar-refractivity contribution in [3.63, 3.8) is 0 Å². The van der Waals surface area contributed by atoms with Gasteiger partial charge in [0.2, 0.25) is 0 Å². The van der Waals surface area contributed by atoms with E-state index in [1.165, 1.54) is 64.2 Å². The molecule has 0 aromatic rings. The van der Waals surface area contributed by atoms with Crippen LogP contribution in [0.2, 0.25) is 0 Å². The van der Waals surface area contributed by atoms with Crippen molar-refractivity contribution in [2.45, 2.75) is 76.3 Å². The first kappa shape index (κ1) is 16.2. The third kappa shape index (κ3) is 5.90. The van der Waals surface area contributed by atoms with Gasteiger partial charge >= 0.3 is 23.1 Å². The normalized spacial score (nSPS) is 24.0. The predicted molar refractivity (Wildman–Crippen MR) is 62.9 cm³/mol. The Morgan fingerprint density at radius 3 is 1.27 bits per heavy atom. The largest absolute Gasteiger partial charge is 2.00 e. The predicted octanol–water partition coefficient (Wildman–Crippen LogP) is 0.649. The maximum absolute atomic E-state index is 5.00. The molecule has 0 aromatic heterocycles. The van der Waals surface area contributed by atoms with Crippen molar-refractivity contribution in [3.05, 3.63) is 5.32 Å². The maximum atomic E-state index is 5.00. The van der Waals surface area contributed by atoms with Gasteiger partial charge in [-0.15, -0.1) is 12.1 Å². The van der Waals surface area contributed by atoms with E-state index in [0.29, 0.717) is 0 Å².